The molecule has 1 aromatic heterocycles. The monoisotopic (exact) mass is 342 g/mol. The molecule has 3 rings (SSSR count). The number of piperazine rings is 1. The van der Waals surface area contributed by atoms with Crippen LogP contribution in [0.3, 0.4) is 0 Å². The van der Waals surface area contributed by atoms with Gasteiger partial charge in [-0.3, -0.25) is 9.59 Å². The molecule has 0 atom stereocenters. The molecule has 0 spiro atoms. The van der Waals surface area contributed by atoms with E-state index in [1.165, 1.54) is 12.5 Å². The molecule has 6 nitrogen and oxygen atoms in total. The van der Waals surface area contributed by atoms with E-state index in [4.69, 9.17) is 9.15 Å². The first-order chi connectivity index (χ1) is 12.1. The van der Waals surface area contributed by atoms with Crippen molar-refractivity contribution in [2.45, 2.75) is 13.8 Å². The number of nitrogens with zero attached hydrogens (tertiary/aromatic N) is 2. The molecule has 2 heterocycles. The summed E-state index contributed by atoms with van der Waals surface area (Å²) in [5, 5.41) is 0. The van der Waals surface area contributed by atoms with Gasteiger partial charge in [0.05, 0.1) is 11.8 Å². The Kier molecular flexibility index (Phi) is 5.07. The van der Waals surface area contributed by atoms with Crippen LogP contribution in [-0.4, -0.2) is 54.4 Å². The van der Waals surface area contributed by atoms with Crippen LogP contribution in [0.2, 0.25) is 0 Å². The minimum atomic E-state index is -0.0624. The average Bonchev–Trinajstić information content (AvgIpc) is 3.15. The van der Waals surface area contributed by atoms with Gasteiger partial charge in [0.1, 0.15) is 12.0 Å². The minimum absolute atomic E-state index is 0.0152. The lowest BCUT2D eigenvalue weighted by atomic mass is 10.1. The SMILES string of the molecule is Cc1cccc(C)c1OCC(=O)N1CCN(C(=O)c2ccoc2)CC1. The number of amides is 2. The van der Waals surface area contributed by atoms with E-state index in [1.54, 1.807) is 15.9 Å². The van der Waals surface area contributed by atoms with Gasteiger partial charge in [-0.1, -0.05) is 18.2 Å². The summed E-state index contributed by atoms with van der Waals surface area (Å²) in [4.78, 5) is 28.1. The molecule has 2 amide bonds. The number of para-hydroxylation sites is 1. The normalized spacial score (nSPS) is 14.5. The van der Waals surface area contributed by atoms with Crippen LogP contribution in [0.5, 0.6) is 5.75 Å². The van der Waals surface area contributed by atoms with Crippen molar-refractivity contribution >= 4 is 11.8 Å². The summed E-state index contributed by atoms with van der Waals surface area (Å²) in [5.74, 6) is 0.648. The molecule has 6 heteroatoms. The molecule has 1 fully saturated rings. The minimum Gasteiger partial charge on any atom is -0.483 e. The number of hydrogen-bond acceptors (Lipinski definition) is 4. The summed E-state index contributed by atoms with van der Waals surface area (Å²) >= 11 is 0. The molecule has 1 aliphatic heterocycles. The highest BCUT2D eigenvalue weighted by molar-refractivity contribution is 5.94. The standard InChI is InChI=1S/C19H22N2O4/c1-14-4-3-5-15(2)18(14)25-13-17(22)20-7-9-21(10-8-20)19(23)16-6-11-24-12-16/h3-6,11-12H,7-10,13H2,1-2H3. The summed E-state index contributed by atoms with van der Waals surface area (Å²) in [7, 11) is 0. The number of hydrogen-bond donors (Lipinski definition) is 0. The predicted octanol–water partition coefficient (Wildman–Crippen LogP) is 2.26. The Balaban J connectivity index is 1.51. The molecule has 0 saturated carbocycles. The molecule has 0 N–H and O–H groups in total. The summed E-state index contributed by atoms with van der Waals surface area (Å²) < 4.78 is 10.7. The summed E-state index contributed by atoms with van der Waals surface area (Å²) in [6, 6.07) is 7.55. The Hall–Kier alpha value is -2.76. The van der Waals surface area contributed by atoms with Crippen LogP contribution in [0, 0.1) is 13.8 Å². The fourth-order valence-electron chi connectivity index (χ4n) is 2.98. The van der Waals surface area contributed by atoms with Crippen molar-refractivity contribution in [3.63, 3.8) is 0 Å². The van der Waals surface area contributed by atoms with Gasteiger partial charge in [-0.2, -0.15) is 0 Å². The van der Waals surface area contributed by atoms with Crippen LogP contribution in [-0.2, 0) is 4.79 Å². The van der Waals surface area contributed by atoms with Crippen molar-refractivity contribution in [3.05, 3.63) is 53.5 Å². The fraction of sp³-hybridized carbons (Fsp3) is 0.368. The topological polar surface area (TPSA) is 63.0 Å². The zero-order valence-corrected chi connectivity index (χ0v) is 14.5. The lowest BCUT2D eigenvalue weighted by Gasteiger charge is -2.34. The van der Waals surface area contributed by atoms with Gasteiger partial charge in [0.15, 0.2) is 6.61 Å². The van der Waals surface area contributed by atoms with Crippen molar-refractivity contribution in [2.24, 2.45) is 0 Å². The quantitative estimate of drug-likeness (QED) is 0.855. The number of benzene rings is 1. The van der Waals surface area contributed by atoms with Crippen molar-refractivity contribution in [3.8, 4) is 5.75 Å². The molecule has 2 aromatic rings. The van der Waals surface area contributed by atoms with Gasteiger partial charge >= 0.3 is 0 Å². The van der Waals surface area contributed by atoms with Crippen LogP contribution in [0.25, 0.3) is 0 Å². The van der Waals surface area contributed by atoms with Gasteiger partial charge in [-0.25, -0.2) is 0 Å². The molecule has 132 valence electrons. The largest absolute Gasteiger partial charge is 0.483 e. The molecule has 0 radical (unpaired) electrons. The Morgan fingerprint density at radius 3 is 2.28 bits per heavy atom. The maximum absolute atomic E-state index is 12.4. The number of rotatable bonds is 4. The van der Waals surface area contributed by atoms with Crippen molar-refractivity contribution < 1.29 is 18.7 Å². The predicted molar refractivity (Wildman–Crippen MR) is 92.6 cm³/mol. The van der Waals surface area contributed by atoms with E-state index in [-0.39, 0.29) is 18.4 Å². The summed E-state index contributed by atoms with van der Waals surface area (Å²) in [6.45, 7) is 6.00. The van der Waals surface area contributed by atoms with E-state index in [0.717, 1.165) is 16.9 Å². The lowest BCUT2D eigenvalue weighted by Crippen LogP contribution is -2.51. The van der Waals surface area contributed by atoms with Crippen molar-refractivity contribution in [1.29, 1.82) is 0 Å². The fourth-order valence-corrected chi connectivity index (χ4v) is 2.98. The van der Waals surface area contributed by atoms with Crippen LogP contribution in [0.1, 0.15) is 21.5 Å². The van der Waals surface area contributed by atoms with E-state index >= 15 is 0 Å². The lowest BCUT2D eigenvalue weighted by molar-refractivity contribution is -0.134. The van der Waals surface area contributed by atoms with Crippen LogP contribution >= 0.6 is 0 Å². The second kappa shape index (κ2) is 7.42. The first kappa shape index (κ1) is 17.1. The van der Waals surface area contributed by atoms with Gasteiger partial charge in [0.2, 0.25) is 0 Å². The third-order valence-corrected chi connectivity index (χ3v) is 4.44. The third-order valence-electron chi connectivity index (χ3n) is 4.44. The zero-order valence-electron chi connectivity index (χ0n) is 14.5. The number of furan rings is 1. The molecule has 0 bridgehead atoms. The van der Waals surface area contributed by atoms with Gasteiger partial charge < -0.3 is 19.0 Å². The first-order valence-corrected chi connectivity index (χ1v) is 8.34. The summed E-state index contributed by atoms with van der Waals surface area (Å²) in [6.07, 6.45) is 2.93. The van der Waals surface area contributed by atoms with E-state index in [1.807, 2.05) is 32.0 Å². The summed E-state index contributed by atoms with van der Waals surface area (Å²) in [5.41, 5.74) is 2.57. The molecular weight excluding hydrogens is 320 g/mol. The van der Waals surface area contributed by atoms with E-state index in [0.29, 0.717) is 31.7 Å². The molecule has 1 saturated heterocycles. The molecule has 0 aliphatic carbocycles. The maximum Gasteiger partial charge on any atom is 0.260 e. The zero-order chi connectivity index (χ0) is 17.8. The van der Waals surface area contributed by atoms with E-state index in [9.17, 15) is 9.59 Å². The van der Waals surface area contributed by atoms with Crippen LogP contribution in [0.4, 0.5) is 0 Å². The van der Waals surface area contributed by atoms with Crippen LogP contribution < -0.4 is 4.74 Å². The second-order valence-corrected chi connectivity index (χ2v) is 6.19. The van der Waals surface area contributed by atoms with Crippen molar-refractivity contribution in [1.82, 2.24) is 9.80 Å². The number of aryl methyl sites for hydroxylation is 2. The van der Waals surface area contributed by atoms with Gasteiger partial charge in [-0.05, 0) is 31.0 Å². The van der Waals surface area contributed by atoms with Gasteiger partial charge in [0, 0.05) is 26.2 Å². The molecule has 25 heavy (non-hydrogen) atoms. The Morgan fingerprint density at radius 1 is 1.04 bits per heavy atom. The Labute approximate surface area is 147 Å². The van der Waals surface area contributed by atoms with E-state index < -0.39 is 0 Å². The average molecular weight is 342 g/mol. The Morgan fingerprint density at radius 2 is 1.68 bits per heavy atom. The van der Waals surface area contributed by atoms with Gasteiger partial charge in [-0.15, -0.1) is 0 Å². The number of carbonyl (C=O) groups is 2. The van der Waals surface area contributed by atoms with E-state index in [2.05, 4.69) is 0 Å². The first-order valence-electron chi connectivity index (χ1n) is 8.34. The highest BCUT2D eigenvalue weighted by Gasteiger charge is 2.25. The highest BCUT2D eigenvalue weighted by atomic mass is 16.5. The molecule has 0 unspecified atom stereocenters. The smallest absolute Gasteiger partial charge is 0.260 e. The maximum atomic E-state index is 12.4. The molecule has 1 aromatic carbocycles. The van der Waals surface area contributed by atoms with Gasteiger partial charge in [0.25, 0.3) is 11.8 Å². The van der Waals surface area contributed by atoms with Crippen molar-refractivity contribution in [2.75, 3.05) is 32.8 Å². The van der Waals surface area contributed by atoms with Crippen LogP contribution in [0.15, 0.2) is 41.2 Å². The highest BCUT2D eigenvalue weighted by Crippen LogP contribution is 2.22. The number of carbonyl (C=O) groups excluding carboxylic acids is 2. The molecular formula is C19H22N2O4. The number of ether oxygens (including phenoxy) is 1. The second-order valence-electron chi connectivity index (χ2n) is 6.19. The Bertz CT molecular complexity index is 727. The third kappa shape index (κ3) is 3.84. The molecule has 1 aliphatic rings.